The molecule has 1 N–H and O–H groups in total. The number of hydrogen-bond donors (Lipinski definition) is 1. The third-order valence-corrected chi connectivity index (χ3v) is 4.52. The molecule has 24 heavy (non-hydrogen) atoms. The molecule has 1 aromatic heterocycles. The van der Waals surface area contributed by atoms with E-state index in [0.717, 1.165) is 11.1 Å². The molecule has 2 aromatic carbocycles. The van der Waals surface area contributed by atoms with Crippen LogP contribution in [0.2, 0.25) is 0 Å². The fourth-order valence-electron chi connectivity index (χ4n) is 2.36. The van der Waals surface area contributed by atoms with Gasteiger partial charge in [-0.05, 0) is 24.6 Å². The van der Waals surface area contributed by atoms with Gasteiger partial charge < -0.3 is 15.2 Å². The highest BCUT2D eigenvalue weighted by atomic mass is 32.1. The van der Waals surface area contributed by atoms with Crippen molar-refractivity contribution in [1.82, 2.24) is 0 Å². The molecule has 0 bridgehead atoms. The Kier molecular flexibility index (Phi) is 4.44. The second-order valence-electron chi connectivity index (χ2n) is 5.33. The van der Waals surface area contributed by atoms with Crippen LogP contribution in [0.5, 0.6) is 0 Å². The molecule has 0 aliphatic rings. The van der Waals surface area contributed by atoms with Crippen molar-refractivity contribution in [2.24, 2.45) is 0 Å². The molecular formula is C19H14NO3S-. The van der Waals surface area contributed by atoms with Gasteiger partial charge in [0, 0.05) is 22.1 Å². The van der Waals surface area contributed by atoms with E-state index in [-0.39, 0.29) is 16.5 Å². The number of anilines is 1. The van der Waals surface area contributed by atoms with E-state index in [1.807, 2.05) is 49.4 Å². The molecule has 0 spiro atoms. The third kappa shape index (κ3) is 3.21. The lowest BCUT2D eigenvalue weighted by Crippen LogP contribution is -2.24. The largest absolute Gasteiger partial charge is 0.545 e. The van der Waals surface area contributed by atoms with E-state index in [9.17, 15) is 14.7 Å². The topological polar surface area (TPSA) is 69.2 Å². The van der Waals surface area contributed by atoms with E-state index in [0.29, 0.717) is 11.1 Å². The van der Waals surface area contributed by atoms with Crippen molar-refractivity contribution >= 4 is 28.2 Å². The standard InChI is InChI=1S/C19H15NO3S/c1-12-7-9-14(10-8-12)17(21)20-18-16(19(22)23)15(11-24-18)13-5-3-2-4-6-13/h2-11H,1H3,(H,20,21)(H,22,23)/p-1. The van der Waals surface area contributed by atoms with Crippen LogP contribution in [-0.4, -0.2) is 11.9 Å². The number of carbonyl (C=O) groups excluding carboxylic acids is 2. The summed E-state index contributed by atoms with van der Waals surface area (Å²) in [4.78, 5) is 23.9. The Morgan fingerprint density at radius 2 is 1.67 bits per heavy atom. The molecule has 1 amide bonds. The first kappa shape index (κ1) is 16.0. The van der Waals surface area contributed by atoms with Crippen molar-refractivity contribution in [2.75, 3.05) is 5.32 Å². The van der Waals surface area contributed by atoms with Gasteiger partial charge in [-0.3, -0.25) is 4.79 Å². The summed E-state index contributed by atoms with van der Waals surface area (Å²) >= 11 is 1.17. The van der Waals surface area contributed by atoms with Crippen LogP contribution in [0.15, 0.2) is 60.0 Å². The Hall–Kier alpha value is -2.92. The van der Waals surface area contributed by atoms with Crippen LogP contribution >= 0.6 is 11.3 Å². The summed E-state index contributed by atoms with van der Waals surface area (Å²) in [6.45, 7) is 1.93. The molecule has 0 fully saturated rings. The maximum atomic E-state index is 12.3. The van der Waals surface area contributed by atoms with Gasteiger partial charge in [0.1, 0.15) is 5.00 Å². The molecule has 0 saturated heterocycles. The van der Waals surface area contributed by atoms with E-state index in [1.54, 1.807) is 17.5 Å². The van der Waals surface area contributed by atoms with Crippen LogP contribution in [0.1, 0.15) is 26.3 Å². The van der Waals surface area contributed by atoms with Crippen LogP contribution in [0.4, 0.5) is 5.00 Å². The summed E-state index contributed by atoms with van der Waals surface area (Å²) in [5.74, 6) is -1.66. The number of thiophene rings is 1. The average molecular weight is 336 g/mol. The quantitative estimate of drug-likeness (QED) is 0.794. The minimum atomic E-state index is -1.31. The molecule has 0 saturated carbocycles. The average Bonchev–Trinajstić information content (AvgIpc) is 3.00. The highest BCUT2D eigenvalue weighted by Gasteiger charge is 2.17. The maximum Gasteiger partial charge on any atom is 0.256 e. The van der Waals surface area contributed by atoms with Gasteiger partial charge in [0.15, 0.2) is 0 Å². The van der Waals surface area contributed by atoms with Crippen LogP contribution in [0.25, 0.3) is 11.1 Å². The van der Waals surface area contributed by atoms with Crippen molar-refractivity contribution < 1.29 is 14.7 Å². The minimum absolute atomic E-state index is 0.00617. The van der Waals surface area contributed by atoms with E-state index in [2.05, 4.69) is 5.32 Å². The second kappa shape index (κ2) is 6.68. The Balaban J connectivity index is 1.94. The zero-order chi connectivity index (χ0) is 17.1. The van der Waals surface area contributed by atoms with Gasteiger partial charge in [-0.25, -0.2) is 0 Å². The second-order valence-corrected chi connectivity index (χ2v) is 6.21. The smallest absolute Gasteiger partial charge is 0.256 e. The number of carbonyl (C=O) groups is 2. The zero-order valence-electron chi connectivity index (χ0n) is 12.9. The summed E-state index contributed by atoms with van der Waals surface area (Å²) in [6, 6.07) is 16.2. The number of aromatic carboxylic acids is 1. The van der Waals surface area contributed by atoms with Crippen molar-refractivity contribution in [3.8, 4) is 11.1 Å². The molecule has 0 aliphatic heterocycles. The summed E-state index contributed by atoms with van der Waals surface area (Å²) in [5.41, 5.74) is 2.83. The molecule has 5 heteroatoms. The van der Waals surface area contributed by atoms with Gasteiger partial charge >= 0.3 is 0 Å². The molecule has 4 nitrogen and oxygen atoms in total. The number of hydrogen-bond acceptors (Lipinski definition) is 4. The predicted octanol–water partition coefficient (Wildman–Crippen LogP) is 3.34. The number of nitrogens with one attached hydrogen (secondary N) is 1. The fourth-order valence-corrected chi connectivity index (χ4v) is 3.32. The SMILES string of the molecule is Cc1ccc(C(=O)Nc2scc(-c3ccccc3)c2C(=O)[O-])cc1. The van der Waals surface area contributed by atoms with Gasteiger partial charge in [0.2, 0.25) is 0 Å². The molecule has 1 heterocycles. The summed E-state index contributed by atoms with van der Waals surface area (Å²) in [6.07, 6.45) is 0. The van der Waals surface area contributed by atoms with E-state index >= 15 is 0 Å². The van der Waals surface area contributed by atoms with Crippen molar-refractivity contribution in [2.45, 2.75) is 6.92 Å². The van der Waals surface area contributed by atoms with Gasteiger partial charge in [-0.1, -0.05) is 48.0 Å². The highest BCUT2D eigenvalue weighted by molar-refractivity contribution is 7.15. The normalized spacial score (nSPS) is 10.4. The molecule has 0 aliphatic carbocycles. The Bertz CT molecular complexity index is 883. The molecule has 3 aromatic rings. The number of amides is 1. The molecular weight excluding hydrogens is 322 g/mol. The first-order valence-corrected chi connectivity index (χ1v) is 8.20. The third-order valence-electron chi connectivity index (χ3n) is 3.62. The van der Waals surface area contributed by atoms with Crippen LogP contribution in [0.3, 0.4) is 0 Å². The van der Waals surface area contributed by atoms with Crippen LogP contribution in [-0.2, 0) is 0 Å². The van der Waals surface area contributed by atoms with E-state index in [1.165, 1.54) is 11.3 Å². The Morgan fingerprint density at radius 3 is 2.29 bits per heavy atom. The van der Waals surface area contributed by atoms with Crippen LogP contribution < -0.4 is 10.4 Å². The number of aryl methyl sites for hydroxylation is 1. The molecule has 0 unspecified atom stereocenters. The summed E-state index contributed by atoms with van der Waals surface area (Å²) in [7, 11) is 0. The lowest BCUT2D eigenvalue weighted by molar-refractivity contribution is -0.254. The van der Waals surface area contributed by atoms with Gasteiger partial charge in [0.25, 0.3) is 5.91 Å². The van der Waals surface area contributed by atoms with E-state index in [4.69, 9.17) is 0 Å². The maximum absolute atomic E-state index is 12.3. The highest BCUT2D eigenvalue weighted by Crippen LogP contribution is 2.35. The fraction of sp³-hybridized carbons (Fsp3) is 0.0526. The molecule has 3 rings (SSSR count). The van der Waals surface area contributed by atoms with Crippen LogP contribution in [0, 0.1) is 6.92 Å². The predicted molar refractivity (Wildman–Crippen MR) is 93.2 cm³/mol. The van der Waals surface area contributed by atoms with Crippen molar-refractivity contribution in [3.05, 3.63) is 76.7 Å². The van der Waals surface area contributed by atoms with Gasteiger partial charge in [-0.2, -0.15) is 0 Å². The zero-order valence-corrected chi connectivity index (χ0v) is 13.7. The number of carboxylic acid groups (broad SMARTS) is 1. The van der Waals surface area contributed by atoms with Crippen molar-refractivity contribution in [3.63, 3.8) is 0 Å². The lowest BCUT2D eigenvalue weighted by atomic mass is 10.0. The van der Waals surface area contributed by atoms with Crippen molar-refractivity contribution in [1.29, 1.82) is 0 Å². The lowest BCUT2D eigenvalue weighted by Gasteiger charge is -2.10. The number of benzene rings is 2. The number of rotatable bonds is 4. The Labute approximate surface area is 143 Å². The first-order valence-electron chi connectivity index (χ1n) is 7.32. The monoisotopic (exact) mass is 336 g/mol. The minimum Gasteiger partial charge on any atom is -0.545 e. The van der Waals surface area contributed by atoms with Gasteiger partial charge in [-0.15, -0.1) is 11.3 Å². The van der Waals surface area contributed by atoms with E-state index < -0.39 is 5.97 Å². The molecule has 0 radical (unpaired) electrons. The number of carboxylic acids is 1. The summed E-state index contributed by atoms with van der Waals surface area (Å²) in [5, 5.41) is 16.3. The Morgan fingerprint density at radius 1 is 1.00 bits per heavy atom. The summed E-state index contributed by atoms with van der Waals surface area (Å²) < 4.78 is 0. The van der Waals surface area contributed by atoms with Gasteiger partial charge in [0.05, 0.1) is 5.97 Å². The molecule has 120 valence electrons. The first-order chi connectivity index (χ1) is 11.6. The molecule has 0 atom stereocenters.